The predicted molar refractivity (Wildman–Crippen MR) is 66.9 cm³/mol. The van der Waals surface area contributed by atoms with Crippen LogP contribution in [0, 0.1) is 0 Å². The summed E-state index contributed by atoms with van der Waals surface area (Å²) in [5.74, 6) is -0.628. The van der Waals surface area contributed by atoms with E-state index >= 15 is 0 Å². The summed E-state index contributed by atoms with van der Waals surface area (Å²) in [6, 6.07) is 0. The van der Waals surface area contributed by atoms with E-state index in [4.69, 9.17) is 43.3 Å². The lowest BCUT2D eigenvalue weighted by Crippen LogP contribution is -2.12. The lowest BCUT2D eigenvalue weighted by atomic mass is 10.4. The van der Waals surface area contributed by atoms with Crippen molar-refractivity contribution in [3.8, 4) is 0 Å². The maximum atomic E-state index is 11.3. The van der Waals surface area contributed by atoms with Crippen LogP contribution in [0.5, 0.6) is 0 Å². The van der Waals surface area contributed by atoms with E-state index in [2.05, 4.69) is 11.8 Å². The molecule has 0 radical (unpaired) electrons. The lowest BCUT2D eigenvalue weighted by molar-refractivity contribution is -0.141. The fourth-order valence-electron chi connectivity index (χ4n) is 0.609. The Morgan fingerprint density at radius 3 is 2.20 bits per heavy atom. The smallest absolute Gasteiger partial charge is 0.353 e. The van der Waals surface area contributed by atoms with Crippen molar-refractivity contribution in [1.29, 1.82) is 0 Å². The van der Waals surface area contributed by atoms with Crippen molar-refractivity contribution in [1.82, 2.24) is 0 Å². The Balaban J connectivity index is 4.64. The zero-order valence-electron chi connectivity index (χ0n) is 8.29. The number of carbonyl (C=O) groups excluding carboxylic acids is 1. The number of carbonyl (C=O) groups is 1. The van der Waals surface area contributed by atoms with E-state index in [1.807, 2.05) is 0 Å². The summed E-state index contributed by atoms with van der Waals surface area (Å²) < 4.78 is 9.74. The van der Waals surface area contributed by atoms with Gasteiger partial charge in [-0.2, -0.15) is 0 Å². The number of ether oxygens (including phenoxy) is 1. The predicted octanol–water partition coefficient (Wildman–Crippen LogP) is 4.13. The van der Waals surface area contributed by atoms with Crippen molar-refractivity contribution in [3.63, 3.8) is 0 Å². The molecule has 0 unspecified atom stereocenters. The number of hydrogen-bond donors (Lipinski definition) is 0. The Kier molecular flexibility index (Phi) is 6.53. The van der Waals surface area contributed by atoms with E-state index < -0.39 is 10.9 Å². The Hall–Kier alpha value is 0.530. The summed E-state index contributed by atoms with van der Waals surface area (Å²) in [5, 5.41) is -0.209. The van der Waals surface area contributed by atoms with Crippen LogP contribution in [0.2, 0.25) is 0 Å². The minimum absolute atomic E-state index is 0.0654. The molecule has 0 atom stereocenters. The molecule has 8 heteroatoms. The average Bonchev–Trinajstić information content (AvgIpc) is 1.98. The molecular formula is C7H10Cl3O3PS. The molecule has 0 spiro atoms. The number of halogens is 3. The fraction of sp³-hybridized carbons (Fsp3) is 0.571. The summed E-state index contributed by atoms with van der Waals surface area (Å²) >= 11 is 21.3. The standard InChI is InChI=1S/C7H10Cl3O3PS/c1-4(2)12-7(11)6(8)5(3)13-14(9,10)15/h4H,1-3H3. The second-order valence-electron chi connectivity index (χ2n) is 2.83. The van der Waals surface area contributed by atoms with Gasteiger partial charge in [0.05, 0.1) is 6.10 Å². The Morgan fingerprint density at radius 2 is 1.87 bits per heavy atom. The molecule has 0 rings (SSSR count). The number of allylic oxidation sites excluding steroid dienone is 1. The van der Waals surface area contributed by atoms with Gasteiger partial charge in [0, 0.05) is 0 Å². The van der Waals surface area contributed by atoms with E-state index in [1.54, 1.807) is 13.8 Å². The van der Waals surface area contributed by atoms with Crippen molar-refractivity contribution < 1.29 is 14.1 Å². The van der Waals surface area contributed by atoms with Gasteiger partial charge < -0.3 is 9.26 Å². The van der Waals surface area contributed by atoms with E-state index in [0.717, 1.165) is 0 Å². The second kappa shape index (κ2) is 6.31. The molecule has 3 nitrogen and oxygen atoms in total. The molecular weight excluding hydrogens is 301 g/mol. The van der Waals surface area contributed by atoms with Gasteiger partial charge in [0.2, 0.25) is 0 Å². The van der Waals surface area contributed by atoms with Crippen molar-refractivity contribution >= 4 is 56.8 Å². The highest BCUT2D eigenvalue weighted by molar-refractivity contribution is 8.36. The van der Waals surface area contributed by atoms with Gasteiger partial charge >= 0.3 is 5.97 Å². The van der Waals surface area contributed by atoms with Crippen LogP contribution in [0.4, 0.5) is 0 Å². The van der Waals surface area contributed by atoms with Crippen LogP contribution in [0.25, 0.3) is 0 Å². The second-order valence-corrected chi connectivity index (χ2v) is 10.3. The third-order valence-electron chi connectivity index (χ3n) is 1.07. The van der Waals surface area contributed by atoms with Crippen molar-refractivity contribution in [2.75, 3.05) is 0 Å². The number of hydrogen-bond acceptors (Lipinski definition) is 4. The molecule has 0 N–H and O–H groups in total. The van der Waals surface area contributed by atoms with Crippen LogP contribution < -0.4 is 0 Å². The van der Waals surface area contributed by atoms with Gasteiger partial charge in [0.1, 0.15) is 5.76 Å². The minimum Gasteiger partial charge on any atom is -0.459 e. The number of rotatable bonds is 4. The molecule has 0 aliphatic rings. The maximum Gasteiger partial charge on any atom is 0.353 e. The van der Waals surface area contributed by atoms with Crippen LogP contribution in [0.1, 0.15) is 20.8 Å². The molecule has 0 fully saturated rings. The topological polar surface area (TPSA) is 35.5 Å². The SMILES string of the molecule is CC(OP(=S)(Cl)Cl)=C(Cl)C(=O)OC(C)C. The van der Waals surface area contributed by atoms with Crippen LogP contribution in [0.15, 0.2) is 10.8 Å². The zero-order chi connectivity index (χ0) is 12.2. The zero-order valence-corrected chi connectivity index (χ0v) is 12.3. The molecule has 0 bridgehead atoms. The number of esters is 1. The first-order valence-electron chi connectivity index (χ1n) is 3.89. The Morgan fingerprint density at radius 1 is 1.40 bits per heavy atom. The van der Waals surface area contributed by atoms with Gasteiger partial charge in [-0.05, 0) is 55.1 Å². The van der Waals surface area contributed by atoms with Gasteiger partial charge in [-0.15, -0.1) is 0 Å². The fourth-order valence-corrected chi connectivity index (χ4v) is 2.11. The molecule has 0 aliphatic carbocycles. The molecule has 0 aromatic heterocycles. The first-order chi connectivity index (χ1) is 6.63. The van der Waals surface area contributed by atoms with E-state index in [-0.39, 0.29) is 16.9 Å². The van der Waals surface area contributed by atoms with E-state index in [9.17, 15) is 4.79 Å². The molecule has 0 saturated carbocycles. The highest BCUT2D eigenvalue weighted by Gasteiger charge is 2.18. The van der Waals surface area contributed by atoms with Gasteiger partial charge in [-0.1, -0.05) is 11.6 Å². The average molecular weight is 312 g/mol. The quantitative estimate of drug-likeness (QED) is 0.338. The molecule has 0 aliphatic heterocycles. The van der Waals surface area contributed by atoms with E-state index in [1.165, 1.54) is 6.92 Å². The third-order valence-corrected chi connectivity index (χ3v) is 2.62. The Bertz CT molecular complexity index is 323. The Labute approximate surface area is 108 Å². The molecule has 15 heavy (non-hydrogen) atoms. The minimum atomic E-state index is -2.92. The van der Waals surface area contributed by atoms with Gasteiger partial charge in [-0.25, -0.2) is 4.79 Å². The normalized spacial score (nSPS) is 13.5. The molecule has 0 amide bonds. The first-order valence-corrected chi connectivity index (χ1v) is 8.80. The van der Waals surface area contributed by atoms with Crippen LogP contribution in [0.3, 0.4) is 0 Å². The highest BCUT2D eigenvalue weighted by Crippen LogP contribution is 2.59. The maximum absolute atomic E-state index is 11.3. The lowest BCUT2D eigenvalue weighted by Gasteiger charge is -2.12. The van der Waals surface area contributed by atoms with Gasteiger partial charge in [0.25, 0.3) is 4.97 Å². The summed E-state index contributed by atoms with van der Waals surface area (Å²) in [7, 11) is 0. The summed E-state index contributed by atoms with van der Waals surface area (Å²) in [4.78, 5) is 8.36. The third kappa shape index (κ3) is 7.42. The van der Waals surface area contributed by atoms with Crippen molar-refractivity contribution in [3.05, 3.63) is 10.8 Å². The monoisotopic (exact) mass is 310 g/mol. The van der Waals surface area contributed by atoms with Crippen LogP contribution >= 0.6 is 39.1 Å². The van der Waals surface area contributed by atoms with Crippen LogP contribution in [-0.2, 0) is 25.9 Å². The van der Waals surface area contributed by atoms with E-state index in [0.29, 0.717) is 0 Å². The molecule has 0 aromatic carbocycles. The van der Waals surface area contributed by atoms with Crippen molar-refractivity contribution in [2.45, 2.75) is 26.9 Å². The molecule has 0 saturated heterocycles. The highest BCUT2D eigenvalue weighted by atomic mass is 35.9. The van der Waals surface area contributed by atoms with Crippen LogP contribution in [-0.4, -0.2) is 12.1 Å². The van der Waals surface area contributed by atoms with Gasteiger partial charge in [-0.3, -0.25) is 0 Å². The molecule has 0 aromatic rings. The summed E-state index contributed by atoms with van der Waals surface area (Å²) in [6.45, 7) is 4.84. The largest absolute Gasteiger partial charge is 0.459 e. The van der Waals surface area contributed by atoms with Gasteiger partial charge in [0.15, 0.2) is 5.03 Å². The first kappa shape index (κ1) is 15.5. The summed E-state index contributed by atoms with van der Waals surface area (Å²) in [5.41, 5.74) is 0. The molecule has 88 valence electrons. The summed E-state index contributed by atoms with van der Waals surface area (Å²) in [6.07, 6.45) is -0.269. The molecule has 0 heterocycles. The van der Waals surface area contributed by atoms with Crippen molar-refractivity contribution in [2.24, 2.45) is 0 Å².